The number of alkyl halides is 3. The van der Waals surface area contributed by atoms with E-state index in [2.05, 4.69) is 10.5 Å². The Hall–Kier alpha value is -1.02. The van der Waals surface area contributed by atoms with Crippen LogP contribution in [0.1, 0.15) is 27.7 Å². The Morgan fingerprint density at radius 1 is 1.28 bits per heavy atom. The third kappa shape index (κ3) is 4.34. The molecule has 0 rings (SSSR count). The van der Waals surface area contributed by atoms with Crippen LogP contribution in [0, 0.1) is 5.92 Å². The molecule has 0 bridgehead atoms. The molecule has 5 nitrogen and oxygen atoms in total. The van der Waals surface area contributed by atoms with Crippen molar-refractivity contribution in [2.75, 3.05) is 6.54 Å². The van der Waals surface area contributed by atoms with Crippen molar-refractivity contribution in [2.45, 2.75) is 45.0 Å². The maximum atomic E-state index is 12.7. The van der Waals surface area contributed by atoms with E-state index < -0.39 is 35.6 Å². The number of hydrogen-bond acceptors (Lipinski definition) is 4. The van der Waals surface area contributed by atoms with Crippen LogP contribution in [0.25, 0.3) is 0 Å². The molecule has 0 saturated carbocycles. The van der Waals surface area contributed by atoms with Gasteiger partial charge in [0.15, 0.2) is 5.84 Å². The highest BCUT2D eigenvalue weighted by Crippen LogP contribution is 2.28. The van der Waals surface area contributed by atoms with E-state index in [9.17, 15) is 18.3 Å². The number of nitrogens with zero attached hydrogens (tertiary/aromatic N) is 1. The average Bonchev–Trinajstić information content (AvgIpc) is 2.13. The zero-order valence-corrected chi connectivity index (χ0v) is 10.8. The highest BCUT2D eigenvalue weighted by Gasteiger charge is 2.44. The van der Waals surface area contributed by atoms with E-state index in [1.165, 1.54) is 13.8 Å². The number of oxime groups is 1. The monoisotopic (exact) mass is 271 g/mol. The Labute approximate surface area is 104 Å². The van der Waals surface area contributed by atoms with Crippen molar-refractivity contribution >= 4 is 5.84 Å². The standard InChI is InChI=1S/C10H20F3N3O2/c1-8(2,9(3,4)17)15-5-6(7(14)16-18)10(11,12)13/h6,15,17-18H,5H2,1-4H3,(H2,14,16). The topological polar surface area (TPSA) is 90.9 Å². The smallest absolute Gasteiger partial charge is 0.400 e. The van der Waals surface area contributed by atoms with Crippen molar-refractivity contribution in [2.24, 2.45) is 16.8 Å². The van der Waals surface area contributed by atoms with Gasteiger partial charge in [-0.05, 0) is 27.7 Å². The third-order valence-electron chi connectivity index (χ3n) is 3.15. The van der Waals surface area contributed by atoms with Gasteiger partial charge in [0.1, 0.15) is 5.92 Å². The van der Waals surface area contributed by atoms with Crippen LogP contribution in [0.5, 0.6) is 0 Å². The lowest BCUT2D eigenvalue weighted by Crippen LogP contribution is -2.58. The number of nitrogens with one attached hydrogen (secondary N) is 1. The fourth-order valence-electron chi connectivity index (χ4n) is 1.03. The lowest BCUT2D eigenvalue weighted by Gasteiger charge is -2.39. The lowest BCUT2D eigenvalue weighted by atomic mass is 9.85. The SMILES string of the molecule is CC(C)(O)C(C)(C)NCC(C(N)=NO)C(F)(F)F. The first-order valence-electron chi connectivity index (χ1n) is 5.34. The minimum atomic E-state index is -4.63. The Morgan fingerprint density at radius 3 is 2.00 bits per heavy atom. The fraction of sp³-hybridized carbons (Fsp3) is 0.900. The molecule has 0 fully saturated rings. The summed E-state index contributed by atoms with van der Waals surface area (Å²) in [6, 6.07) is 0. The minimum Gasteiger partial charge on any atom is -0.409 e. The Morgan fingerprint density at radius 2 is 1.72 bits per heavy atom. The molecule has 0 heterocycles. The molecule has 5 N–H and O–H groups in total. The molecular weight excluding hydrogens is 251 g/mol. The first kappa shape index (κ1) is 17.0. The summed E-state index contributed by atoms with van der Waals surface area (Å²) in [6.07, 6.45) is -4.63. The molecule has 18 heavy (non-hydrogen) atoms. The van der Waals surface area contributed by atoms with E-state index in [-0.39, 0.29) is 0 Å². The first-order chi connectivity index (χ1) is 7.83. The van der Waals surface area contributed by atoms with Gasteiger partial charge in [-0.1, -0.05) is 5.16 Å². The van der Waals surface area contributed by atoms with E-state index in [1.54, 1.807) is 13.8 Å². The Kier molecular flexibility index (Phi) is 5.01. The minimum absolute atomic E-state index is 0.587. The highest BCUT2D eigenvalue weighted by molar-refractivity contribution is 5.83. The van der Waals surface area contributed by atoms with Gasteiger partial charge in [-0.2, -0.15) is 13.2 Å². The zero-order valence-electron chi connectivity index (χ0n) is 10.8. The lowest BCUT2D eigenvalue weighted by molar-refractivity contribution is -0.157. The molecule has 0 aromatic carbocycles. The molecule has 1 unspecified atom stereocenters. The second-order valence-corrected chi connectivity index (χ2v) is 5.18. The number of amidine groups is 1. The summed E-state index contributed by atoms with van der Waals surface area (Å²) in [6.45, 7) is 5.49. The number of halogens is 3. The second kappa shape index (κ2) is 5.31. The molecule has 0 aliphatic heterocycles. The van der Waals surface area contributed by atoms with Gasteiger partial charge in [0.05, 0.1) is 5.60 Å². The van der Waals surface area contributed by atoms with E-state index in [1.807, 2.05) is 0 Å². The number of nitrogens with two attached hydrogens (primary N) is 1. The van der Waals surface area contributed by atoms with Crippen molar-refractivity contribution in [1.82, 2.24) is 5.32 Å². The molecule has 108 valence electrons. The van der Waals surface area contributed by atoms with Gasteiger partial charge in [0.2, 0.25) is 0 Å². The van der Waals surface area contributed by atoms with Crippen molar-refractivity contribution in [3.05, 3.63) is 0 Å². The normalized spacial score (nSPS) is 16.8. The largest absolute Gasteiger partial charge is 0.409 e. The number of hydrogen-bond donors (Lipinski definition) is 4. The van der Waals surface area contributed by atoms with E-state index in [0.29, 0.717) is 0 Å². The average molecular weight is 271 g/mol. The summed E-state index contributed by atoms with van der Waals surface area (Å²) >= 11 is 0. The van der Waals surface area contributed by atoms with Crippen LogP contribution in [0.4, 0.5) is 13.2 Å². The van der Waals surface area contributed by atoms with Crippen LogP contribution < -0.4 is 11.1 Å². The van der Waals surface area contributed by atoms with E-state index in [4.69, 9.17) is 10.9 Å². The van der Waals surface area contributed by atoms with Crippen molar-refractivity contribution < 1.29 is 23.5 Å². The van der Waals surface area contributed by atoms with Gasteiger partial charge < -0.3 is 21.4 Å². The molecule has 0 saturated heterocycles. The van der Waals surface area contributed by atoms with Crippen LogP contribution in [-0.2, 0) is 0 Å². The van der Waals surface area contributed by atoms with Gasteiger partial charge in [0.25, 0.3) is 0 Å². The molecule has 0 radical (unpaired) electrons. The molecule has 0 aliphatic rings. The summed E-state index contributed by atoms with van der Waals surface area (Å²) in [5.74, 6) is -3.02. The highest BCUT2D eigenvalue weighted by atomic mass is 19.4. The summed E-state index contributed by atoms with van der Waals surface area (Å²) in [7, 11) is 0. The molecule has 8 heteroatoms. The van der Waals surface area contributed by atoms with Crippen LogP contribution in [-0.4, -0.2) is 40.0 Å². The fourth-order valence-corrected chi connectivity index (χ4v) is 1.03. The van der Waals surface area contributed by atoms with Gasteiger partial charge in [-0.3, -0.25) is 0 Å². The van der Waals surface area contributed by atoms with Crippen LogP contribution in [0.3, 0.4) is 0 Å². The van der Waals surface area contributed by atoms with Gasteiger partial charge in [0, 0.05) is 12.1 Å². The first-order valence-corrected chi connectivity index (χ1v) is 5.34. The molecule has 1 atom stereocenters. The number of aliphatic hydroxyl groups is 1. The Bertz CT molecular complexity index is 308. The van der Waals surface area contributed by atoms with E-state index in [0.717, 1.165) is 0 Å². The second-order valence-electron chi connectivity index (χ2n) is 5.18. The predicted molar refractivity (Wildman–Crippen MR) is 61.3 cm³/mol. The molecule has 0 amide bonds. The molecular formula is C10H20F3N3O2. The van der Waals surface area contributed by atoms with Gasteiger partial charge in [-0.15, -0.1) is 0 Å². The van der Waals surface area contributed by atoms with Crippen molar-refractivity contribution in [3.63, 3.8) is 0 Å². The van der Waals surface area contributed by atoms with Crippen LogP contribution >= 0.6 is 0 Å². The van der Waals surface area contributed by atoms with E-state index >= 15 is 0 Å². The summed E-state index contributed by atoms with van der Waals surface area (Å²) < 4.78 is 38.0. The molecule has 0 spiro atoms. The van der Waals surface area contributed by atoms with Gasteiger partial charge >= 0.3 is 6.18 Å². The Balaban J connectivity index is 4.86. The quantitative estimate of drug-likeness (QED) is 0.260. The summed E-state index contributed by atoms with van der Waals surface area (Å²) in [5.41, 5.74) is 2.83. The van der Waals surface area contributed by atoms with Crippen LogP contribution in [0.2, 0.25) is 0 Å². The molecule has 0 aromatic heterocycles. The summed E-state index contributed by atoms with van der Waals surface area (Å²) in [5, 5.41) is 23.1. The maximum absolute atomic E-state index is 12.7. The third-order valence-corrected chi connectivity index (χ3v) is 3.15. The van der Waals surface area contributed by atoms with Crippen molar-refractivity contribution in [1.29, 1.82) is 0 Å². The molecule has 0 aromatic rings. The zero-order chi connectivity index (χ0) is 14.8. The maximum Gasteiger partial charge on any atom is 0.400 e. The predicted octanol–water partition coefficient (Wildman–Crippen LogP) is 1.05. The number of rotatable bonds is 5. The summed E-state index contributed by atoms with van der Waals surface area (Å²) in [4.78, 5) is 0. The van der Waals surface area contributed by atoms with Gasteiger partial charge in [-0.25, -0.2) is 0 Å². The van der Waals surface area contributed by atoms with Crippen LogP contribution in [0.15, 0.2) is 5.16 Å². The van der Waals surface area contributed by atoms with Crippen molar-refractivity contribution in [3.8, 4) is 0 Å². The molecule has 0 aliphatic carbocycles.